The number of hydrogen-bond acceptors (Lipinski definition) is 5. The second-order valence-electron chi connectivity index (χ2n) is 16.0. The van der Waals surface area contributed by atoms with Crippen molar-refractivity contribution >= 4 is 17.4 Å². The fraction of sp³-hybridized carbons (Fsp3) is 0.632. The molecule has 0 aromatic heterocycles. The monoisotopic (exact) mass is 601 g/mol. The first-order chi connectivity index (χ1) is 20.5. The fourth-order valence-electron chi connectivity index (χ4n) is 10.4. The molecule has 4 N–H and O–H groups in total. The van der Waals surface area contributed by atoms with E-state index >= 15 is 0 Å². The van der Waals surface area contributed by atoms with E-state index in [1.54, 1.807) is 0 Å². The summed E-state index contributed by atoms with van der Waals surface area (Å²) in [6.07, 6.45) is 5.38. The predicted octanol–water partition coefficient (Wildman–Crippen LogP) is 6.73. The molecule has 0 radical (unpaired) electrons. The third kappa shape index (κ3) is 4.23. The van der Waals surface area contributed by atoms with Crippen LogP contribution in [0.1, 0.15) is 108 Å². The highest BCUT2D eigenvalue weighted by Crippen LogP contribution is 2.68. The number of hydrogen-bond donors (Lipinski definition) is 4. The first-order valence-corrected chi connectivity index (χ1v) is 16.6. The van der Waals surface area contributed by atoms with Crippen molar-refractivity contribution in [1.29, 1.82) is 0 Å². The van der Waals surface area contributed by atoms with Gasteiger partial charge >= 0.3 is 0 Å². The zero-order valence-corrected chi connectivity index (χ0v) is 27.4. The van der Waals surface area contributed by atoms with Crippen LogP contribution in [0.25, 0.3) is 0 Å². The Morgan fingerprint density at radius 2 is 1.70 bits per heavy atom. The zero-order chi connectivity index (χ0) is 32.1. The number of fused-ring (bicyclic) bond motifs is 6. The maximum absolute atomic E-state index is 14.7. The van der Waals surface area contributed by atoms with Crippen molar-refractivity contribution in [2.45, 2.75) is 110 Å². The van der Waals surface area contributed by atoms with Gasteiger partial charge in [0.15, 0.2) is 5.78 Å². The van der Waals surface area contributed by atoms with Crippen LogP contribution in [0.15, 0.2) is 54.2 Å². The largest absolute Gasteiger partial charge is 0.390 e. The molecule has 1 aromatic carbocycles. The van der Waals surface area contributed by atoms with Crippen molar-refractivity contribution in [1.82, 2.24) is 0 Å². The standard InChI is InChI=1S/C38H51NO5/c1-20(2)25-16-22-12-14-36(7)37(8)23(13-15-38(36,44)27(22)19-30(25)40)17-31(41)33-24(10-9-11-29(33)39-34(37)42)32-26(21(3)4)18-28(32)35(5,6)43/h9-11,19,22-23,25-26,28,30,32,40,43-44H,1,3,12-18H2,2,4-8H3,(H,39,42)/t22-,23+,25-,26-,28+,30-,32+,36-,37-,38-/m1/s1. The van der Waals surface area contributed by atoms with Crippen molar-refractivity contribution < 1.29 is 24.9 Å². The normalized spacial score (nSPS) is 41.8. The van der Waals surface area contributed by atoms with Crippen LogP contribution in [0.5, 0.6) is 0 Å². The van der Waals surface area contributed by atoms with Gasteiger partial charge in [0.25, 0.3) is 0 Å². The van der Waals surface area contributed by atoms with Crippen LogP contribution in [-0.4, -0.2) is 44.3 Å². The Hall–Kier alpha value is -2.54. The van der Waals surface area contributed by atoms with E-state index in [1.165, 1.54) is 0 Å². The lowest BCUT2D eigenvalue weighted by Gasteiger charge is -2.65. The quantitative estimate of drug-likeness (QED) is 0.287. The minimum atomic E-state index is -1.26. The number of rotatable bonds is 4. The van der Waals surface area contributed by atoms with Crippen LogP contribution in [0, 0.1) is 40.4 Å². The summed E-state index contributed by atoms with van der Waals surface area (Å²) in [5.74, 6) is -0.247. The van der Waals surface area contributed by atoms with Gasteiger partial charge < -0.3 is 20.6 Å². The number of anilines is 1. The number of amides is 1. The Kier molecular flexibility index (Phi) is 7.31. The molecule has 1 amide bonds. The number of nitrogens with one attached hydrogen (secondary N) is 1. The minimum absolute atomic E-state index is 0.00742. The summed E-state index contributed by atoms with van der Waals surface area (Å²) in [7, 11) is 0. The number of allylic oxidation sites excluding steroid dienone is 1. The van der Waals surface area contributed by atoms with Gasteiger partial charge in [-0.15, -0.1) is 0 Å². The molecule has 0 bridgehead atoms. The van der Waals surface area contributed by atoms with Crippen LogP contribution in [-0.2, 0) is 4.79 Å². The van der Waals surface area contributed by atoms with Crippen LogP contribution < -0.4 is 5.32 Å². The number of benzene rings is 1. The summed E-state index contributed by atoms with van der Waals surface area (Å²) in [6, 6.07) is 5.70. The summed E-state index contributed by atoms with van der Waals surface area (Å²) >= 11 is 0. The lowest BCUT2D eigenvalue weighted by molar-refractivity contribution is -0.200. The van der Waals surface area contributed by atoms with Gasteiger partial charge in [-0.2, -0.15) is 0 Å². The topological polar surface area (TPSA) is 107 Å². The first-order valence-electron chi connectivity index (χ1n) is 16.6. The molecule has 3 saturated carbocycles. The Labute approximate surface area is 262 Å². The molecule has 238 valence electrons. The molecule has 6 heteroatoms. The summed E-state index contributed by atoms with van der Waals surface area (Å²) < 4.78 is 0. The van der Waals surface area contributed by atoms with Crippen LogP contribution in [0.3, 0.4) is 0 Å². The van der Waals surface area contributed by atoms with Gasteiger partial charge in [-0.05, 0) is 120 Å². The van der Waals surface area contributed by atoms with Gasteiger partial charge in [-0.25, -0.2) is 0 Å². The molecule has 1 aromatic rings. The number of carbonyl (C=O) groups excluding carboxylic acids is 2. The number of Topliss-reactive ketones (excluding diaryl/α,β-unsaturated/α-hetero) is 1. The highest BCUT2D eigenvalue weighted by Gasteiger charge is 2.70. The molecule has 4 aliphatic carbocycles. The first kappa shape index (κ1) is 31.4. The van der Waals surface area contributed by atoms with Crippen molar-refractivity contribution in [2.24, 2.45) is 40.4 Å². The van der Waals surface area contributed by atoms with Crippen molar-refractivity contribution in [3.05, 3.63) is 65.3 Å². The maximum Gasteiger partial charge on any atom is 0.231 e. The molecule has 5 aliphatic rings. The van der Waals surface area contributed by atoms with E-state index < -0.39 is 28.1 Å². The number of aliphatic hydroxyl groups excluding tert-OH is 1. The molecule has 0 unspecified atom stereocenters. The van der Waals surface area contributed by atoms with Gasteiger partial charge in [-0.1, -0.05) is 49.4 Å². The molecule has 6 rings (SSSR count). The van der Waals surface area contributed by atoms with E-state index in [0.29, 0.717) is 30.5 Å². The van der Waals surface area contributed by atoms with Gasteiger partial charge in [-0.3, -0.25) is 9.59 Å². The third-order valence-electron chi connectivity index (χ3n) is 13.4. The third-order valence-corrected chi connectivity index (χ3v) is 13.4. The second-order valence-corrected chi connectivity index (χ2v) is 16.0. The average molecular weight is 602 g/mol. The Morgan fingerprint density at radius 1 is 1.02 bits per heavy atom. The van der Waals surface area contributed by atoms with E-state index in [0.717, 1.165) is 41.5 Å². The zero-order valence-electron chi connectivity index (χ0n) is 27.4. The van der Waals surface area contributed by atoms with Gasteiger partial charge in [0.1, 0.15) is 0 Å². The van der Waals surface area contributed by atoms with Gasteiger partial charge in [0, 0.05) is 23.3 Å². The van der Waals surface area contributed by atoms with Crippen LogP contribution in [0.4, 0.5) is 5.69 Å². The molecule has 44 heavy (non-hydrogen) atoms. The molecular formula is C38H51NO5. The van der Waals surface area contributed by atoms with E-state index in [2.05, 4.69) is 18.5 Å². The molecule has 0 spiro atoms. The van der Waals surface area contributed by atoms with Crippen molar-refractivity contribution in [2.75, 3.05) is 5.32 Å². The second kappa shape index (κ2) is 10.2. The molecule has 0 saturated heterocycles. The van der Waals surface area contributed by atoms with E-state index in [-0.39, 0.29) is 53.6 Å². The van der Waals surface area contributed by atoms with E-state index in [9.17, 15) is 24.9 Å². The Balaban J connectivity index is 1.42. The molecule has 6 nitrogen and oxygen atoms in total. The van der Waals surface area contributed by atoms with Crippen molar-refractivity contribution in [3.63, 3.8) is 0 Å². The van der Waals surface area contributed by atoms with Crippen molar-refractivity contribution in [3.8, 4) is 0 Å². The smallest absolute Gasteiger partial charge is 0.231 e. The summed E-state index contributed by atoms with van der Waals surface area (Å²) in [6.45, 7) is 20.0. The summed E-state index contributed by atoms with van der Waals surface area (Å²) in [5.41, 5.74) is 0.798. The lowest BCUT2D eigenvalue weighted by atomic mass is 9.40. The number of carbonyl (C=O) groups is 2. The van der Waals surface area contributed by atoms with Crippen LogP contribution in [0.2, 0.25) is 0 Å². The van der Waals surface area contributed by atoms with E-state index in [1.807, 2.05) is 65.8 Å². The fourth-order valence-corrected chi connectivity index (χ4v) is 10.4. The van der Waals surface area contributed by atoms with E-state index in [4.69, 9.17) is 0 Å². The SMILES string of the molecule is C=C(C)[C@H]1C[C@H](C(C)(C)O)[C@H]1c1cccc2c1C(=O)C[C@@H]1CC[C@@]3(O)C4=C[C@@H](O)[C@@H](C(=C)C)C[C@H]4CC[C@]3(C)[C@@]1(C)C(=O)N2. The van der Waals surface area contributed by atoms with Gasteiger partial charge in [0.05, 0.1) is 28.4 Å². The number of aliphatic hydroxyl groups is 3. The lowest BCUT2D eigenvalue weighted by Crippen LogP contribution is -2.69. The number of ketones is 1. The molecule has 1 aliphatic heterocycles. The summed E-state index contributed by atoms with van der Waals surface area (Å²) in [4.78, 5) is 29.1. The molecular weight excluding hydrogens is 550 g/mol. The molecule has 3 fully saturated rings. The Bertz CT molecular complexity index is 1470. The predicted molar refractivity (Wildman–Crippen MR) is 173 cm³/mol. The molecule has 1 heterocycles. The highest BCUT2D eigenvalue weighted by atomic mass is 16.3. The Morgan fingerprint density at radius 3 is 2.34 bits per heavy atom. The highest BCUT2D eigenvalue weighted by molar-refractivity contribution is 6.09. The van der Waals surface area contributed by atoms with Crippen LogP contribution >= 0.6 is 0 Å². The summed E-state index contributed by atoms with van der Waals surface area (Å²) in [5, 5.41) is 38.0. The minimum Gasteiger partial charge on any atom is -0.390 e. The molecule has 10 atom stereocenters. The average Bonchev–Trinajstić information content (AvgIpc) is 2.90. The van der Waals surface area contributed by atoms with Gasteiger partial charge in [0.2, 0.25) is 5.91 Å². The maximum atomic E-state index is 14.7.